The smallest absolute Gasteiger partial charge is 0.317 e. The van der Waals surface area contributed by atoms with E-state index in [-0.39, 0.29) is 18.5 Å². The van der Waals surface area contributed by atoms with Crippen molar-refractivity contribution in [2.75, 3.05) is 26.3 Å². The highest BCUT2D eigenvalue weighted by molar-refractivity contribution is 5.74. The van der Waals surface area contributed by atoms with Crippen LogP contribution >= 0.6 is 0 Å². The van der Waals surface area contributed by atoms with Gasteiger partial charge >= 0.3 is 12.0 Å². The molecule has 1 atom stereocenters. The molecule has 0 aromatic rings. The van der Waals surface area contributed by atoms with Crippen molar-refractivity contribution in [1.29, 1.82) is 0 Å². The van der Waals surface area contributed by atoms with Gasteiger partial charge in [0.25, 0.3) is 0 Å². The first-order valence-corrected chi connectivity index (χ1v) is 5.95. The first-order chi connectivity index (χ1) is 8.11. The molecule has 0 spiro atoms. The van der Waals surface area contributed by atoms with Crippen LogP contribution in [0.25, 0.3) is 0 Å². The van der Waals surface area contributed by atoms with E-state index in [0.717, 1.165) is 0 Å². The molecule has 0 radical (unpaired) electrons. The van der Waals surface area contributed by atoms with Gasteiger partial charge in [-0.3, -0.25) is 4.79 Å². The monoisotopic (exact) mass is 244 g/mol. The Morgan fingerprint density at radius 1 is 1.47 bits per heavy atom. The summed E-state index contributed by atoms with van der Waals surface area (Å²) in [5, 5.41) is 11.2. The third-order valence-corrected chi connectivity index (χ3v) is 2.72. The Labute approximate surface area is 101 Å². The molecule has 17 heavy (non-hydrogen) atoms. The minimum Gasteiger partial charge on any atom is -0.481 e. The summed E-state index contributed by atoms with van der Waals surface area (Å²) >= 11 is 0. The van der Waals surface area contributed by atoms with Crippen molar-refractivity contribution >= 4 is 12.0 Å². The average Bonchev–Trinajstić information content (AvgIpc) is 2.28. The number of carbonyl (C=O) groups is 2. The molecule has 2 amide bonds. The quantitative estimate of drug-likeness (QED) is 0.697. The predicted molar refractivity (Wildman–Crippen MR) is 61.9 cm³/mol. The van der Waals surface area contributed by atoms with Gasteiger partial charge in [-0.15, -0.1) is 0 Å². The number of carbonyl (C=O) groups excluding carboxylic acids is 1. The van der Waals surface area contributed by atoms with Crippen molar-refractivity contribution in [3.05, 3.63) is 0 Å². The summed E-state index contributed by atoms with van der Waals surface area (Å²) in [5.74, 6) is -0.793. The highest BCUT2D eigenvalue weighted by atomic mass is 16.5. The van der Waals surface area contributed by atoms with Gasteiger partial charge in [0.05, 0.1) is 19.3 Å². The number of carboxylic acid groups (broad SMARTS) is 1. The van der Waals surface area contributed by atoms with E-state index in [0.29, 0.717) is 39.1 Å². The maximum absolute atomic E-state index is 11.7. The molecule has 2 N–H and O–H groups in total. The van der Waals surface area contributed by atoms with Crippen molar-refractivity contribution in [3.8, 4) is 0 Å². The first-order valence-electron chi connectivity index (χ1n) is 5.95. The molecule has 1 heterocycles. The van der Waals surface area contributed by atoms with Gasteiger partial charge in [-0.25, -0.2) is 4.79 Å². The molecule has 98 valence electrons. The van der Waals surface area contributed by atoms with Gasteiger partial charge in [-0.05, 0) is 19.8 Å². The number of urea groups is 1. The second kappa shape index (κ2) is 7.11. The summed E-state index contributed by atoms with van der Waals surface area (Å²) in [4.78, 5) is 23.8. The molecular weight excluding hydrogens is 224 g/mol. The van der Waals surface area contributed by atoms with Crippen LogP contribution in [0.1, 0.15) is 26.2 Å². The Balaban J connectivity index is 2.13. The van der Waals surface area contributed by atoms with E-state index in [2.05, 4.69) is 5.32 Å². The summed E-state index contributed by atoms with van der Waals surface area (Å²) in [5.41, 5.74) is 0. The topological polar surface area (TPSA) is 78.9 Å². The number of hydrogen-bond acceptors (Lipinski definition) is 3. The van der Waals surface area contributed by atoms with Crippen molar-refractivity contribution < 1.29 is 19.4 Å². The third-order valence-electron chi connectivity index (χ3n) is 2.72. The molecule has 6 heteroatoms. The first kappa shape index (κ1) is 13.8. The Bertz CT molecular complexity index is 270. The average molecular weight is 244 g/mol. The zero-order chi connectivity index (χ0) is 12.7. The molecule has 0 aromatic heterocycles. The van der Waals surface area contributed by atoms with Gasteiger partial charge in [0.15, 0.2) is 0 Å². The largest absolute Gasteiger partial charge is 0.481 e. The SMILES string of the molecule is CC1COCCN1C(=O)NCCCCC(=O)O. The van der Waals surface area contributed by atoms with Gasteiger partial charge in [0, 0.05) is 19.5 Å². The van der Waals surface area contributed by atoms with E-state index >= 15 is 0 Å². The van der Waals surface area contributed by atoms with Gasteiger partial charge < -0.3 is 20.1 Å². The summed E-state index contributed by atoms with van der Waals surface area (Å²) in [6, 6.07) is 0.0129. The number of amides is 2. The standard InChI is InChI=1S/C11H20N2O4/c1-9-8-17-7-6-13(9)11(16)12-5-3-2-4-10(14)15/h9H,2-8H2,1H3,(H,12,16)(H,14,15). The van der Waals surface area contributed by atoms with E-state index < -0.39 is 5.97 Å². The lowest BCUT2D eigenvalue weighted by atomic mass is 10.2. The van der Waals surface area contributed by atoms with Crippen LogP contribution in [0.3, 0.4) is 0 Å². The number of ether oxygens (including phenoxy) is 1. The lowest BCUT2D eigenvalue weighted by molar-refractivity contribution is -0.137. The number of aliphatic carboxylic acids is 1. The van der Waals surface area contributed by atoms with E-state index in [9.17, 15) is 9.59 Å². The number of hydrogen-bond donors (Lipinski definition) is 2. The van der Waals surface area contributed by atoms with Gasteiger partial charge in [-0.2, -0.15) is 0 Å². The number of rotatable bonds is 5. The van der Waals surface area contributed by atoms with Crippen LogP contribution in [0.4, 0.5) is 4.79 Å². The normalized spacial score (nSPS) is 20.1. The summed E-state index contributed by atoms with van der Waals surface area (Å²) in [6.07, 6.45) is 1.44. The minimum absolute atomic E-state index is 0.0869. The molecule has 1 saturated heterocycles. The van der Waals surface area contributed by atoms with Crippen LogP contribution in [0, 0.1) is 0 Å². The zero-order valence-electron chi connectivity index (χ0n) is 10.1. The third kappa shape index (κ3) is 5.04. The van der Waals surface area contributed by atoms with Crippen molar-refractivity contribution in [2.45, 2.75) is 32.2 Å². The van der Waals surface area contributed by atoms with E-state index in [1.54, 1.807) is 4.90 Å². The van der Waals surface area contributed by atoms with Crippen LogP contribution in [-0.4, -0.2) is 54.4 Å². The van der Waals surface area contributed by atoms with Crippen LogP contribution in [0.15, 0.2) is 0 Å². The van der Waals surface area contributed by atoms with Crippen LogP contribution in [0.2, 0.25) is 0 Å². The molecule has 1 aliphatic heterocycles. The highest BCUT2D eigenvalue weighted by Gasteiger charge is 2.22. The minimum atomic E-state index is -0.793. The van der Waals surface area contributed by atoms with Crippen molar-refractivity contribution in [2.24, 2.45) is 0 Å². The highest BCUT2D eigenvalue weighted by Crippen LogP contribution is 2.06. The number of morpholine rings is 1. The Morgan fingerprint density at radius 3 is 2.88 bits per heavy atom. The lowest BCUT2D eigenvalue weighted by Gasteiger charge is -2.33. The fourth-order valence-electron chi connectivity index (χ4n) is 1.73. The second-order valence-corrected chi connectivity index (χ2v) is 4.20. The van der Waals surface area contributed by atoms with Crippen LogP contribution in [-0.2, 0) is 9.53 Å². The Hall–Kier alpha value is -1.30. The molecular formula is C11H20N2O4. The number of nitrogens with one attached hydrogen (secondary N) is 1. The van der Waals surface area contributed by atoms with E-state index in [1.165, 1.54) is 0 Å². The molecule has 0 bridgehead atoms. The Kier molecular flexibility index (Phi) is 5.76. The molecule has 0 aliphatic carbocycles. The Morgan fingerprint density at radius 2 is 2.24 bits per heavy atom. The number of carboxylic acids is 1. The van der Waals surface area contributed by atoms with E-state index in [1.807, 2.05) is 6.92 Å². The van der Waals surface area contributed by atoms with Crippen LogP contribution in [0.5, 0.6) is 0 Å². The molecule has 0 saturated carbocycles. The summed E-state index contributed by atoms with van der Waals surface area (Å²) in [7, 11) is 0. The maximum atomic E-state index is 11.7. The summed E-state index contributed by atoms with van der Waals surface area (Å²) in [6.45, 7) is 4.24. The fraction of sp³-hybridized carbons (Fsp3) is 0.818. The van der Waals surface area contributed by atoms with E-state index in [4.69, 9.17) is 9.84 Å². The maximum Gasteiger partial charge on any atom is 0.317 e. The van der Waals surface area contributed by atoms with Gasteiger partial charge in [-0.1, -0.05) is 0 Å². The molecule has 0 aromatic carbocycles. The van der Waals surface area contributed by atoms with Gasteiger partial charge in [0.2, 0.25) is 0 Å². The molecule has 1 fully saturated rings. The lowest BCUT2D eigenvalue weighted by Crippen LogP contribution is -2.51. The molecule has 6 nitrogen and oxygen atoms in total. The second-order valence-electron chi connectivity index (χ2n) is 4.20. The van der Waals surface area contributed by atoms with Gasteiger partial charge in [0.1, 0.15) is 0 Å². The molecule has 1 unspecified atom stereocenters. The fourth-order valence-corrected chi connectivity index (χ4v) is 1.73. The predicted octanol–water partition coefficient (Wildman–Crippen LogP) is 0.672. The van der Waals surface area contributed by atoms with Crippen LogP contribution < -0.4 is 5.32 Å². The molecule has 1 aliphatic rings. The zero-order valence-corrected chi connectivity index (χ0v) is 10.1. The molecule has 1 rings (SSSR count). The van der Waals surface area contributed by atoms with Crippen molar-refractivity contribution in [3.63, 3.8) is 0 Å². The summed E-state index contributed by atoms with van der Waals surface area (Å²) < 4.78 is 5.24. The number of nitrogens with zero attached hydrogens (tertiary/aromatic N) is 1. The number of unbranched alkanes of at least 4 members (excludes halogenated alkanes) is 1. The van der Waals surface area contributed by atoms with Crippen molar-refractivity contribution in [1.82, 2.24) is 10.2 Å².